The first-order valence-corrected chi connectivity index (χ1v) is 8.05. The fraction of sp³-hybridized carbons (Fsp3) is 0.333. The summed E-state index contributed by atoms with van der Waals surface area (Å²) in [5.74, 6) is 0.349. The number of benzene rings is 1. The second-order valence-electron chi connectivity index (χ2n) is 4.48. The van der Waals surface area contributed by atoms with Gasteiger partial charge < -0.3 is 14.2 Å². The topological polar surface area (TPSA) is 69.7 Å². The summed E-state index contributed by atoms with van der Waals surface area (Å²) < 4.78 is 15.1. The van der Waals surface area contributed by atoms with Crippen molar-refractivity contribution in [1.29, 1.82) is 0 Å². The quantitative estimate of drug-likeness (QED) is 0.736. The van der Waals surface area contributed by atoms with Crippen molar-refractivity contribution in [2.24, 2.45) is 0 Å². The molecule has 8 heteroatoms. The van der Waals surface area contributed by atoms with Crippen LogP contribution in [-0.2, 0) is 14.3 Å². The Bertz CT molecular complexity index is 663. The molecule has 2 rings (SSSR count). The van der Waals surface area contributed by atoms with E-state index in [-0.39, 0.29) is 12.5 Å². The Kier molecular flexibility index (Phi) is 6.79. The third-order valence-electron chi connectivity index (χ3n) is 2.86. The molecule has 0 spiro atoms. The van der Waals surface area contributed by atoms with Gasteiger partial charge in [-0.2, -0.15) is 0 Å². The fourth-order valence-corrected chi connectivity index (χ4v) is 2.75. The number of aromatic nitrogens is 1. The first-order chi connectivity index (χ1) is 11.1. The van der Waals surface area contributed by atoms with Crippen molar-refractivity contribution in [3.63, 3.8) is 0 Å². The van der Waals surface area contributed by atoms with Gasteiger partial charge >= 0.3 is 0 Å². The van der Waals surface area contributed by atoms with Crippen LogP contribution in [0.25, 0.3) is 11.3 Å². The number of ether oxygens (including phenoxy) is 3. The van der Waals surface area contributed by atoms with E-state index in [1.54, 1.807) is 26.4 Å². The minimum absolute atomic E-state index is 0.0351. The van der Waals surface area contributed by atoms with Gasteiger partial charge in [0.1, 0.15) is 12.4 Å². The Morgan fingerprint density at radius 2 is 2.17 bits per heavy atom. The molecule has 0 saturated heterocycles. The Hall–Kier alpha value is -1.67. The molecular weight excluding hydrogens is 340 g/mol. The smallest absolute Gasteiger partial charge is 0.252 e. The molecule has 23 heavy (non-hydrogen) atoms. The molecule has 0 aliphatic rings. The summed E-state index contributed by atoms with van der Waals surface area (Å²) in [4.78, 5) is 16.1. The lowest BCUT2D eigenvalue weighted by atomic mass is 10.2. The third kappa shape index (κ3) is 5.18. The molecule has 2 aromatic rings. The Labute approximate surface area is 143 Å². The minimum atomic E-state index is -0.255. The van der Waals surface area contributed by atoms with Crippen LogP contribution < -0.4 is 10.1 Å². The maximum atomic E-state index is 11.7. The SMILES string of the molecule is COCCOCC(=O)Nc1nc(-c2ccc(OC)c(Cl)c2)cs1. The highest BCUT2D eigenvalue weighted by Gasteiger charge is 2.10. The van der Waals surface area contributed by atoms with Gasteiger partial charge in [0.2, 0.25) is 0 Å². The molecule has 124 valence electrons. The first-order valence-electron chi connectivity index (χ1n) is 6.80. The highest BCUT2D eigenvalue weighted by molar-refractivity contribution is 7.14. The van der Waals surface area contributed by atoms with Crippen molar-refractivity contribution >= 4 is 34.0 Å². The lowest BCUT2D eigenvalue weighted by Gasteiger charge is -2.04. The van der Waals surface area contributed by atoms with E-state index < -0.39 is 0 Å². The van der Waals surface area contributed by atoms with Crippen molar-refractivity contribution in [2.75, 3.05) is 39.4 Å². The van der Waals surface area contributed by atoms with Gasteiger partial charge in [0, 0.05) is 18.1 Å². The molecule has 0 atom stereocenters. The van der Waals surface area contributed by atoms with Gasteiger partial charge in [-0.1, -0.05) is 11.6 Å². The number of nitrogens with one attached hydrogen (secondary N) is 1. The number of amides is 1. The third-order valence-corrected chi connectivity index (χ3v) is 3.92. The first kappa shape index (κ1) is 17.7. The predicted molar refractivity (Wildman–Crippen MR) is 90.4 cm³/mol. The molecule has 0 unspecified atom stereocenters. The van der Waals surface area contributed by atoms with Crippen LogP contribution in [0.2, 0.25) is 5.02 Å². The second kappa shape index (κ2) is 8.83. The minimum Gasteiger partial charge on any atom is -0.495 e. The lowest BCUT2D eigenvalue weighted by Crippen LogP contribution is -2.19. The molecule has 1 amide bonds. The number of hydrogen-bond donors (Lipinski definition) is 1. The van der Waals surface area contributed by atoms with Crippen LogP contribution in [0.15, 0.2) is 23.6 Å². The van der Waals surface area contributed by atoms with Crippen LogP contribution >= 0.6 is 22.9 Å². The molecule has 0 aliphatic heterocycles. The molecule has 0 radical (unpaired) electrons. The lowest BCUT2D eigenvalue weighted by molar-refractivity contribution is -0.121. The van der Waals surface area contributed by atoms with Crippen molar-refractivity contribution in [3.8, 4) is 17.0 Å². The van der Waals surface area contributed by atoms with Crippen LogP contribution in [0, 0.1) is 0 Å². The zero-order valence-electron chi connectivity index (χ0n) is 12.8. The molecule has 1 aromatic carbocycles. The van der Waals surface area contributed by atoms with Crippen molar-refractivity contribution in [2.45, 2.75) is 0 Å². The van der Waals surface area contributed by atoms with Crippen LogP contribution in [0.4, 0.5) is 5.13 Å². The largest absolute Gasteiger partial charge is 0.495 e. The zero-order valence-corrected chi connectivity index (χ0v) is 14.4. The highest BCUT2D eigenvalue weighted by atomic mass is 35.5. The van der Waals surface area contributed by atoms with Gasteiger partial charge in [0.15, 0.2) is 5.13 Å². The fourth-order valence-electron chi connectivity index (χ4n) is 1.75. The maximum Gasteiger partial charge on any atom is 0.252 e. The van der Waals surface area contributed by atoms with Crippen LogP contribution in [0.1, 0.15) is 0 Å². The summed E-state index contributed by atoms with van der Waals surface area (Å²) in [6, 6.07) is 5.41. The van der Waals surface area contributed by atoms with Gasteiger partial charge in [-0.15, -0.1) is 11.3 Å². The number of hydrogen-bond acceptors (Lipinski definition) is 6. The molecule has 0 bridgehead atoms. The van der Waals surface area contributed by atoms with Gasteiger partial charge in [0.05, 0.1) is 31.0 Å². The van der Waals surface area contributed by atoms with Crippen molar-refractivity contribution in [3.05, 3.63) is 28.6 Å². The van der Waals surface area contributed by atoms with Gasteiger partial charge in [-0.3, -0.25) is 10.1 Å². The Balaban J connectivity index is 1.95. The van der Waals surface area contributed by atoms with E-state index in [4.69, 9.17) is 25.8 Å². The summed E-state index contributed by atoms with van der Waals surface area (Å²) in [7, 11) is 3.14. The summed E-state index contributed by atoms with van der Waals surface area (Å²) in [6.45, 7) is 0.789. The van der Waals surface area contributed by atoms with Gasteiger partial charge in [-0.25, -0.2) is 4.98 Å². The molecule has 1 aromatic heterocycles. The number of thiazole rings is 1. The normalized spacial score (nSPS) is 10.6. The van der Waals surface area contributed by atoms with E-state index >= 15 is 0 Å². The standard InChI is InChI=1S/C15H17ClN2O4S/c1-20-5-6-22-8-14(19)18-15-17-12(9-23-15)10-3-4-13(21-2)11(16)7-10/h3-4,7,9H,5-6,8H2,1-2H3,(H,17,18,19). The number of methoxy groups -OCH3 is 2. The number of carbonyl (C=O) groups is 1. The van der Waals surface area contributed by atoms with E-state index in [1.165, 1.54) is 11.3 Å². The molecular formula is C15H17ClN2O4S. The number of carbonyl (C=O) groups excluding carboxylic acids is 1. The molecule has 0 saturated carbocycles. The van der Waals surface area contributed by atoms with Crippen LogP contribution in [-0.4, -0.2) is 44.9 Å². The monoisotopic (exact) mass is 356 g/mol. The number of anilines is 1. The predicted octanol–water partition coefficient (Wildman–Crippen LogP) is 3.07. The average Bonchev–Trinajstić information content (AvgIpc) is 3.00. The Morgan fingerprint density at radius 3 is 2.87 bits per heavy atom. The zero-order chi connectivity index (χ0) is 16.7. The molecule has 6 nitrogen and oxygen atoms in total. The molecule has 0 aliphatic carbocycles. The van der Waals surface area contributed by atoms with E-state index in [0.717, 1.165) is 11.3 Å². The number of rotatable bonds is 8. The van der Waals surface area contributed by atoms with E-state index in [2.05, 4.69) is 10.3 Å². The van der Waals surface area contributed by atoms with E-state index in [1.807, 2.05) is 11.4 Å². The highest BCUT2D eigenvalue weighted by Crippen LogP contribution is 2.31. The molecule has 1 heterocycles. The summed E-state index contributed by atoms with van der Waals surface area (Å²) >= 11 is 7.44. The molecule has 0 fully saturated rings. The summed E-state index contributed by atoms with van der Waals surface area (Å²) in [5, 5.41) is 5.55. The van der Waals surface area contributed by atoms with Crippen LogP contribution in [0.3, 0.4) is 0 Å². The van der Waals surface area contributed by atoms with E-state index in [0.29, 0.717) is 29.1 Å². The molecule has 1 N–H and O–H groups in total. The van der Waals surface area contributed by atoms with Gasteiger partial charge in [-0.05, 0) is 18.2 Å². The van der Waals surface area contributed by atoms with Gasteiger partial charge in [0.25, 0.3) is 5.91 Å². The maximum absolute atomic E-state index is 11.7. The Morgan fingerprint density at radius 1 is 1.35 bits per heavy atom. The van der Waals surface area contributed by atoms with Crippen LogP contribution in [0.5, 0.6) is 5.75 Å². The van der Waals surface area contributed by atoms with Crippen molar-refractivity contribution < 1.29 is 19.0 Å². The number of halogens is 1. The number of nitrogens with zero attached hydrogens (tertiary/aromatic N) is 1. The average molecular weight is 357 g/mol. The summed E-state index contributed by atoms with van der Waals surface area (Å²) in [5.41, 5.74) is 1.58. The summed E-state index contributed by atoms with van der Waals surface area (Å²) in [6.07, 6.45) is 0. The second-order valence-corrected chi connectivity index (χ2v) is 5.75. The van der Waals surface area contributed by atoms with Crippen molar-refractivity contribution in [1.82, 2.24) is 4.98 Å². The van der Waals surface area contributed by atoms with E-state index in [9.17, 15) is 4.79 Å².